The molecule has 0 saturated carbocycles. The topological polar surface area (TPSA) is 105 Å². The maximum Gasteiger partial charge on any atom is 0.245 e. The Balaban J connectivity index is 3.29. The number of rotatable bonds is 10. The smallest absolute Gasteiger partial charge is 0.245 e. The number of hydrogen-bond donors (Lipinski definition) is 3. The molecule has 1 rings (SSSR count). The van der Waals surface area contributed by atoms with Crippen molar-refractivity contribution < 1.29 is 14.4 Å². The molecule has 1 aromatic carbocycles. The van der Waals surface area contributed by atoms with Crippen LogP contribution in [0.25, 0.3) is 0 Å². The molecule has 0 saturated heterocycles. The van der Waals surface area contributed by atoms with Gasteiger partial charge in [-0.1, -0.05) is 84.9 Å². The first-order valence-electron chi connectivity index (χ1n) is 11.8. The molecule has 0 fully saturated rings. The summed E-state index contributed by atoms with van der Waals surface area (Å²) in [5.41, 5.74) is 5.78. The zero-order valence-corrected chi connectivity index (χ0v) is 22.5. The summed E-state index contributed by atoms with van der Waals surface area (Å²) in [5.74, 6) is -0.947. The van der Waals surface area contributed by atoms with E-state index in [1.54, 1.807) is 32.0 Å². The summed E-state index contributed by atoms with van der Waals surface area (Å²) in [4.78, 5) is 40.4. The number of likely N-dealkylation sites (N-methyl/N-ethyl adjacent to an activating group) is 2. The van der Waals surface area contributed by atoms with E-state index in [4.69, 9.17) is 5.73 Å². The summed E-state index contributed by atoms with van der Waals surface area (Å²) in [6.07, 6.45) is 1.72. The predicted octanol–water partition coefficient (Wildman–Crippen LogP) is 3.00. The molecular formula is C27H44N4O3. The first-order valence-corrected chi connectivity index (χ1v) is 11.8. The Kier molecular flexibility index (Phi) is 10.1. The van der Waals surface area contributed by atoms with Gasteiger partial charge in [-0.25, -0.2) is 0 Å². The average Bonchev–Trinajstić information content (AvgIpc) is 2.74. The monoisotopic (exact) mass is 472 g/mol. The fraction of sp³-hybridized carbons (Fsp3) is 0.593. The second-order valence-corrected chi connectivity index (χ2v) is 11.0. The van der Waals surface area contributed by atoms with E-state index in [1.165, 1.54) is 0 Å². The van der Waals surface area contributed by atoms with Crippen molar-refractivity contribution in [1.82, 2.24) is 15.5 Å². The van der Waals surface area contributed by atoms with Gasteiger partial charge in [0, 0.05) is 18.0 Å². The van der Waals surface area contributed by atoms with E-state index in [0.29, 0.717) is 5.57 Å². The van der Waals surface area contributed by atoms with Crippen LogP contribution in [-0.4, -0.2) is 54.8 Å². The Bertz CT molecular complexity index is 885. The maximum atomic E-state index is 13.7. The van der Waals surface area contributed by atoms with Crippen molar-refractivity contribution in [2.45, 2.75) is 78.9 Å². The van der Waals surface area contributed by atoms with Crippen LogP contribution in [0.2, 0.25) is 0 Å². The van der Waals surface area contributed by atoms with Crippen LogP contribution < -0.4 is 16.4 Å². The molecule has 34 heavy (non-hydrogen) atoms. The Morgan fingerprint density at radius 2 is 1.53 bits per heavy atom. The minimum atomic E-state index is -0.768. The molecule has 1 aromatic rings. The standard InChI is InChI=1S/C27H44N4O3/c1-17(2)20(16-18(3)23(28)32)31(10)25(34)22(26(4,5)6)30-24(33)21(29-9)27(7,8)19-14-12-11-13-15-19/h11-17,20-22,29H,1-10H3,(H2,28,32)(H,30,33)/b18-16+/t20-,21+,22-/m1/s1. The molecule has 0 aliphatic rings. The molecule has 0 radical (unpaired) electrons. The summed E-state index contributed by atoms with van der Waals surface area (Å²) in [6, 6.07) is 8.17. The number of carbonyl (C=O) groups is 3. The molecule has 190 valence electrons. The normalized spacial score (nSPS) is 15.4. The highest BCUT2D eigenvalue weighted by Crippen LogP contribution is 2.29. The van der Waals surface area contributed by atoms with Crippen molar-refractivity contribution in [1.29, 1.82) is 0 Å². The summed E-state index contributed by atoms with van der Waals surface area (Å²) < 4.78 is 0. The third-order valence-electron chi connectivity index (χ3n) is 6.48. The molecule has 7 heteroatoms. The lowest BCUT2D eigenvalue weighted by molar-refractivity contribution is -0.140. The van der Waals surface area contributed by atoms with E-state index in [2.05, 4.69) is 10.6 Å². The Hall–Kier alpha value is -2.67. The molecule has 0 unspecified atom stereocenters. The number of primary amides is 1. The van der Waals surface area contributed by atoms with Crippen LogP contribution in [0.1, 0.15) is 61.0 Å². The molecule has 3 atom stereocenters. The Labute approximate surface area is 205 Å². The predicted molar refractivity (Wildman–Crippen MR) is 138 cm³/mol. The van der Waals surface area contributed by atoms with Crippen molar-refractivity contribution >= 4 is 17.7 Å². The van der Waals surface area contributed by atoms with Crippen LogP contribution in [0.3, 0.4) is 0 Å². The first-order chi connectivity index (χ1) is 15.5. The highest BCUT2D eigenvalue weighted by Gasteiger charge is 2.41. The summed E-state index contributed by atoms with van der Waals surface area (Å²) >= 11 is 0. The molecule has 0 aliphatic heterocycles. The lowest BCUT2D eigenvalue weighted by Gasteiger charge is -2.40. The number of amides is 3. The Morgan fingerprint density at radius 1 is 1.00 bits per heavy atom. The minimum absolute atomic E-state index is 0.0432. The van der Waals surface area contributed by atoms with Crippen LogP contribution in [0.15, 0.2) is 42.0 Å². The van der Waals surface area contributed by atoms with Gasteiger partial charge in [-0.05, 0) is 30.9 Å². The van der Waals surface area contributed by atoms with Gasteiger partial charge in [0.05, 0.1) is 12.1 Å². The molecule has 4 N–H and O–H groups in total. The SMILES string of the molecule is CN[C@@H](C(=O)N[C@H](C(=O)N(C)[C@H](/C=C(\C)C(N)=O)C(C)C)C(C)(C)C)C(C)(C)c1ccccc1. The van der Waals surface area contributed by atoms with E-state index in [0.717, 1.165) is 5.56 Å². The fourth-order valence-electron chi connectivity index (χ4n) is 4.17. The van der Waals surface area contributed by atoms with E-state index in [9.17, 15) is 14.4 Å². The van der Waals surface area contributed by atoms with E-state index in [-0.39, 0.29) is 23.8 Å². The second-order valence-electron chi connectivity index (χ2n) is 11.0. The number of benzene rings is 1. The van der Waals surface area contributed by atoms with Crippen molar-refractivity contribution in [3.8, 4) is 0 Å². The van der Waals surface area contributed by atoms with Crippen LogP contribution in [0, 0.1) is 11.3 Å². The van der Waals surface area contributed by atoms with Gasteiger partial charge in [-0.2, -0.15) is 0 Å². The van der Waals surface area contributed by atoms with Gasteiger partial charge in [0.2, 0.25) is 17.7 Å². The molecule has 0 aliphatic carbocycles. The minimum Gasteiger partial charge on any atom is -0.366 e. The lowest BCUT2D eigenvalue weighted by atomic mass is 9.76. The molecule has 0 heterocycles. The molecule has 0 bridgehead atoms. The Morgan fingerprint density at radius 3 is 1.94 bits per heavy atom. The molecule has 0 aromatic heterocycles. The second kappa shape index (κ2) is 11.6. The number of hydrogen-bond acceptors (Lipinski definition) is 4. The molecule has 3 amide bonds. The number of nitrogens with zero attached hydrogens (tertiary/aromatic N) is 1. The average molecular weight is 473 g/mol. The number of carbonyl (C=O) groups excluding carboxylic acids is 3. The van der Waals surface area contributed by atoms with Gasteiger partial charge in [0.1, 0.15) is 6.04 Å². The van der Waals surface area contributed by atoms with Crippen LogP contribution in [-0.2, 0) is 19.8 Å². The quantitative estimate of drug-likeness (QED) is 0.455. The molecule has 7 nitrogen and oxygen atoms in total. The number of nitrogens with one attached hydrogen (secondary N) is 2. The van der Waals surface area contributed by atoms with Crippen LogP contribution >= 0.6 is 0 Å². The van der Waals surface area contributed by atoms with Gasteiger partial charge < -0.3 is 21.3 Å². The van der Waals surface area contributed by atoms with E-state index in [1.807, 2.05) is 78.8 Å². The van der Waals surface area contributed by atoms with Crippen LogP contribution in [0.4, 0.5) is 0 Å². The summed E-state index contributed by atoms with van der Waals surface area (Å²) in [7, 11) is 3.45. The largest absolute Gasteiger partial charge is 0.366 e. The van der Waals surface area contributed by atoms with Gasteiger partial charge in [0.15, 0.2) is 0 Å². The van der Waals surface area contributed by atoms with Crippen molar-refractivity contribution in [2.75, 3.05) is 14.1 Å². The molecular weight excluding hydrogens is 428 g/mol. The zero-order valence-electron chi connectivity index (χ0n) is 22.5. The van der Waals surface area contributed by atoms with Crippen molar-refractivity contribution in [2.24, 2.45) is 17.1 Å². The third-order valence-corrected chi connectivity index (χ3v) is 6.48. The summed E-state index contributed by atoms with van der Waals surface area (Å²) in [5, 5.41) is 6.18. The lowest BCUT2D eigenvalue weighted by Crippen LogP contribution is -2.61. The summed E-state index contributed by atoms with van der Waals surface area (Å²) in [6.45, 7) is 15.4. The van der Waals surface area contributed by atoms with Gasteiger partial charge in [-0.3, -0.25) is 14.4 Å². The highest BCUT2D eigenvalue weighted by molar-refractivity contribution is 5.92. The zero-order chi connectivity index (χ0) is 26.4. The molecule has 0 spiro atoms. The number of nitrogens with two attached hydrogens (primary N) is 1. The van der Waals surface area contributed by atoms with Crippen molar-refractivity contribution in [3.63, 3.8) is 0 Å². The van der Waals surface area contributed by atoms with Gasteiger partial charge >= 0.3 is 0 Å². The third kappa shape index (κ3) is 7.16. The van der Waals surface area contributed by atoms with Crippen molar-refractivity contribution in [3.05, 3.63) is 47.5 Å². The van der Waals surface area contributed by atoms with Gasteiger partial charge in [-0.15, -0.1) is 0 Å². The van der Waals surface area contributed by atoms with Crippen LogP contribution in [0.5, 0.6) is 0 Å². The van der Waals surface area contributed by atoms with E-state index < -0.39 is 28.8 Å². The highest BCUT2D eigenvalue weighted by atomic mass is 16.2. The maximum absolute atomic E-state index is 13.7. The van der Waals surface area contributed by atoms with Gasteiger partial charge in [0.25, 0.3) is 0 Å². The fourth-order valence-corrected chi connectivity index (χ4v) is 4.17. The van der Waals surface area contributed by atoms with E-state index >= 15 is 0 Å². The first kappa shape index (κ1) is 29.4.